The van der Waals surface area contributed by atoms with Gasteiger partial charge < -0.3 is 0 Å². The maximum absolute atomic E-state index is 2.25. The summed E-state index contributed by atoms with van der Waals surface area (Å²) in [4.78, 5) is 0. The van der Waals surface area contributed by atoms with Crippen molar-refractivity contribution in [1.82, 2.24) is 0 Å². The van der Waals surface area contributed by atoms with E-state index in [1.807, 2.05) is 0 Å². The standard InChI is InChI=1S/C23H19/c1-17(21-15-7-11-19-9-3-5-14-23(19)21)16-20-12-6-10-18-8-2-4-13-22(18)20/h2-15H,16H2,1H3. The molecule has 0 aliphatic rings. The first kappa shape index (κ1) is 14.0. The Morgan fingerprint density at radius 3 is 1.96 bits per heavy atom. The molecule has 0 nitrogen and oxygen atoms in total. The minimum absolute atomic E-state index is 0.982. The zero-order chi connectivity index (χ0) is 15.6. The van der Waals surface area contributed by atoms with E-state index in [9.17, 15) is 0 Å². The smallest absolute Gasteiger partial charge is 0.00689 e. The summed E-state index contributed by atoms with van der Waals surface area (Å²) in [6.07, 6.45) is 0.982. The highest BCUT2D eigenvalue weighted by molar-refractivity contribution is 5.88. The molecule has 0 aromatic heterocycles. The molecule has 0 N–H and O–H groups in total. The van der Waals surface area contributed by atoms with Gasteiger partial charge >= 0.3 is 0 Å². The molecular weight excluding hydrogens is 276 g/mol. The highest BCUT2D eigenvalue weighted by atomic mass is 14.2. The van der Waals surface area contributed by atoms with Crippen LogP contribution in [0.15, 0.2) is 84.9 Å². The topological polar surface area (TPSA) is 0 Å². The molecule has 0 amide bonds. The molecule has 0 atom stereocenters. The fourth-order valence-corrected chi connectivity index (χ4v) is 3.43. The van der Waals surface area contributed by atoms with Crippen molar-refractivity contribution in [1.29, 1.82) is 0 Å². The van der Waals surface area contributed by atoms with Crippen LogP contribution in [0.3, 0.4) is 0 Å². The zero-order valence-corrected chi connectivity index (χ0v) is 13.3. The Labute approximate surface area is 137 Å². The van der Waals surface area contributed by atoms with E-state index in [1.54, 1.807) is 0 Å². The molecule has 23 heavy (non-hydrogen) atoms. The van der Waals surface area contributed by atoms with Crippen LogP contribution in [0.2, 0.25) is 0 Å². The van der Waals surface area contributed by atoms with Crippen LogP contribution in [0.1, 0.15) is 18.1 Å². The fourth-order valence-electron chi connectivity index (χ4n) is 3.43. The van der Waals surface area contributed by atoms with Crippen LogP contribution in [0.25, 0.3) is 21.5 Å². The summed E-state index contributed by atoms with van der Waals surface area (Å²) in [6.45, 7) is 2.25. The Morgan fingerprint density at radius 2 is 1.17 bits per heavy atom. The van der Waals surface area contributed by atoms with Crippen LogP contribution in [0.4, 0.5) is 0 Å². The third kappa shape index (κ3) is 2.61. The first-order valence-electron chi connectivity index (χ1n) is 8.10. The molecule has 0 fully saturated rings. The second kappa shape index (κ2) is 5.89. The van der Waals surface area contributed by atoms with Crippen molar-refractivity contribution in [3.8, 4) is 0 Å². The van der Waals surface area contributed by atoms with E-state index in [0.717, 1.165) is 6.42 Å². The lowest BCUT2D eigenvalue weighted by molar-refractivity contribution is 1.01. The van der Waals surface area contributed by atoms with Crippen LogP contribution in [0.5, 0.6) is 0 Å². The SMILES string of the molecule is C[C](Cc1cccc2ccccc12)c1cccc2ccccc12. The average molecular weight is 295 g/mol. The van der Waals surface area contributed by atoms with Crippen molar-refractivity contribution in [2.75, 3.05) is 0 Å². The van der Waals surface area contributed by atoms with Crippen molar-refractivity contribution in [3.63, 3.8) is 0 Å². The third-order valence-corrected chi connectivity index (χ3v) is 4.58. The Hall–Kier alpha value is -2.60. The van der Waals surface area contributed by atoms with Gasteiger partial charge in [-0.1, -0.05) is 91.9 Å². The fraction of sp³-hybridized carbons (Fsp3) is 0.0870. The summed E-state index contributed by atoms with van der Waals surface area (Å²) in [6, 6.07) is 30.4. The molecule has 0 heteroatoms. The van der Waals surface area contributed by atoms with Crippen LogP contribution >= 0.6 is 0 Å². The molecule has 0 unspecified atom stereocenters. The quantitative estimate of drug-likeness (QED) is 0.423. The van der Waals surface area contributed by atoms with Gasteiger partial charge in [0.1, 0.15) is 0 Å². The lowest BCUT2D eigenvalue weighted by atomic mass is 9.88. The Bertz CT molecular complexity index is 955. The Kier molecular flexibility index (Phi) is 3.59. The van der Waals surface area contributed by atoms with Gasteiger partial charge in [-0.15, -0.1) is 0 Å². The van der Waals surface area contributed by atoms with Gasteiger partial charge in [0.2, 0.25) is 0 Å². The van der Waals surface area contributed by atoms with E-state index in [4.69, 9.17) is 0 Å². The second-order valence-corrected chi connectivity index (χ2v) is 6.12. The maximum atomic E-state index is 2.25. The molecule has 0 heterocycles. The number of hydrogen-bond acceptors (Lipinski definition) is 0. The number of hydrogen-bond donors (Lipinski definition) is 0. The van der Waals surface area contributed by atoms with Gasteiger partial charge in [-0.25, -0.2) is 0 Å². The van der Waals surface area contributed by atoms with Gasteiger partial charge in [-0.2, -0.15) is 0 Å². The van der Waals surface area contributed by atoms with Crippen molar-refractivity contribution in [2.24, 2.45) is 0 Å². The monoisotopic (exact) mass is 295 g/mol. The molecule has 0 aliphatic heterocycles. The second-order valence-electron chi connectivity index (χ2n) is 6.12. The number of fused-ring (bicyclic) bond motifs is 2. The molecule has 0 bridgehead atoms. The Balaban J connectivity index is 1.75. The molecule has 0 saturated heterocycles. The number of rotatable bonds is 3. The van der Waals surface area contributed by atoms with Crippen LogP contribution in [-0.2, 0) is 6.42 Å². The lowest BCUT2D eigenvalue weighted by Gasteiger charge is -2.15. The highest BCUT2D eigenvalue weighted by Gasteiger charge is 2.12. The predicted octanol–water partition coefficient (Wildman–Crippen LogP) is 6.18. The van der Waals surface area contributed by atoms with Crippen LogP contribution in [-0.4, -0.2) is 0 Å². The van der Waals surface area contributed by atoms with Gasteiger partial charge in [0, 0.05) is 5.92 Å². The highest BCUT2D eigenvalue weighted by Crippen LogP contribution is 2.29. The summed E-state index contributed by atoms with van der Waals surface area (Å²) in [5.74, 6) is 1.41. The first-order valence-corrected chi connectivity index (χ1v) is 8.10. The molecule has 4 rings (SSSR count). The van der Waals surface area contributed by atoms with E-state index in [0.29, 0.717) is 0 Å². The van der Waals surface area contributed by atoms with E-state index in [2.05, 4.69) is 91.9 Å². The lowest BCUT2D eigenvalue weighted by Crippen LogP contribution is -2.01. The van der Waals surface area contributed by atoms with Gasteiger partial charge in [0.25, 0.3) is 0 Å². The van der Waals surface area contributed by atoms with Crippen molar-refractivity contribution < 1.29 is 0 Å². The van der Waals surface area contributed by atoms with Gasteiger partial charge in [-0.05, 0) is 39.1 Å². The summed E-state index contributed by atoms with van der Waals surface area (Å²) in [7, 11) is 0. The molecular formula is C23H19. The summed E-state index contributed by atoms with van der Waals surface area (Å²) in [5.41, 5.74) is 2.75. The molecule has 0 saturated carbocycles. The predicted molar refractivity (Wildman–Crippen MR) is 99.6 cm³/mol. The van der Waals surface area contributed by atoms with Gasteiger partial charge in [0.05, 0.1) is 0 Å². The third-order valence-electron chi connectivity index (χ3n) is 4.58. The number of benzene rings is 4. The van der Waals surface area contributed by atoms with Crippen molar-refractivity contribution >= 4 is 21.5 Å². The largest absolute Gasteiger partial charge is 0.0616 e. The summed E-state index contributed by atoms with van der Waals surface area (Å²) in [5, 5.41) is 5.32. The van der Waals surface area contributed by atoms with E-state index in [1.165, 1.54) is 38.6 Å². The van der Waals surface area contributed by atoms with Gasteiger partial charge in [0.15, 0.2) is 0 Å². The minimum Gasteiger partial charge on any atom is -0.0616 e. The normalized spacial score (nSPS) is 11.4. The summed E-state index contributed by atoms with van der Waals surface area (Å²) >= 11 is 0. The van der Waals surface area contributed by atoms with E-state index < -0.39 is 0 Å². The average Bonchev–Trinajstić information content (AvgIpc) is 2.61. The molecule has 4 aromatic rings. The van der Waals surface area contributed by atoms with Crippen molar-refractivity contribution in [3.05, 3.63) is 102 Å². The molecule has 111 valence electrons. The van der Waals surface area contributed by atoms with E-state index >= 15 is 0 Å². The van der Waals surface area contributed by atoms with E-state index in [-0.39, 0.29) is 0 Å². The van der Waals surface area contributed by atoms with Crippen LogP contribution < -0.4 is 0 Å². The molecule has 0 spiro atoms. The minimum atomic E-state index is 0.982. The zero-order valence-electron chi connectivity index (χ0n) is 13.3. The first-order chi connectivity index (χ1) is 11.3. The Morgan fingerprint density at radius 1 is 0.609 bits per heavy atom. The molecule has 0 aliphatic carbocycles. The molecule has 1 radical (unpaired) electrons. The summed E-state index contributed by atoms with van der Waals surface area (Å²) < 4.78 is 0. The molecule has 4 aromatic carbocycles. The van der Waals surface area contributed by atoms with Crippen molar-refractivity contribution in [2.45, 2.75) is 13.3 Å². The van der Waals surface area contributed by atoms with Gasteiger partial charge in [-0.3, -0.25) is 0 Å². The van der Waals surface area contributed by atoms with Crippen LogP contribution in [0, 0.1) is 5.92 Å². The maximum Gasteiger partial charge on any atom is 0.00689 e.